The minimum atomic E-state index is -0.898. The second-order valence-corrected chi connectivity index (χ2v) is 9.01. The number of rotatable bonds is 6. The van der Waals surface area contributed by atoms with Crippen LogP contribution in [0.2, 0.25) is 0 Å². The summed E-state index contributed by atoms with van der Waals surface area (Å²) in [4.78, 5) is 0. The van der Waals surface area contributed by atoms with Crippen LogP contribution in [0.4, 0.5) is 0 Å². The SMILES string of the molecule is CC[PH](CC)(CC)CCCO. The van der Waals surface area contributed by atoms with E-state index in [0.29, 0.717) is 6.61 Å². The summed E-state index contributed by atoms with van der Waals surface area (Å²) < 4.78 is 0. The predicted octanol–water partition coefficient (Wildman–Crippen LogP) is 2.18. The van der Waals surface area contributed by atoms with E-state index in [1.165, 1.54) is 24.6 Å². The van der Waals surface area contributed by atoms with Gasteiger partial charge in [-0.2, -0.15) is 0 Å². The molecule has 0 aromatic heterocycles. The Bertz CT molecular complexity index is 81.3. The first kappa shape index (κ1) is 11.4. The van der Waals surface area contributed by atoms with Crippen molar-refractivity contribution < 1.29 is 5.11 Å². The summed E-state index contributed by atoms with van der Waals surface area (Å²) in [6.07, 6.45) is 6.52. The van der Waals surface area contributed by atoms with Gasteiger partial charge in [-0.15, -0.1) is 0 Å². The normalized spacial score (nSPS) is 13.5. The molecule has 0 unspecified atom stereocenters. The molecule has 0 rings (SSSR count). The van der Waals surface area contributed by atoms with Crippen LogP contribution in [0.15, 0.2) is 0 Å². The summed E-state index contributed by atoms with van der Waals surface area (Å²) in [5.41, 5.74) is 0. The summed E-state index contributed by atoms with van der Waals surface area (Å²) in [6.45, 7) is 7.33. The van der Waals surface area contributed by atoms with Gasteiger partial charge in [-0.1, -0.05) is 0 Å². The van der Waals surface area contributed by atoms with E-state index in [-0.39, 0.29) is 0 Å². The summed E-state index contributed by atoms with van der Waals surface area (Å²) in [7, 11) is -0.898. The first-order valence-electron chi connectivity index (χ1n) is 4.85. The number of aliphatic hydroxyl groups excluding tert-OH is 1. The Morgan fingerprint density at radius 3 is 1.73 bits per heavy atom. The molecule has 0 aliphatic carbocycles. The van der Waals surface area contributed by atoms with E-state index >= 15 is 0 Å². The van der Waals surface area contributed by atoms with Gasteiger partial charge in [0, 0.05) is 0 Å². The van der Waals surface area contributed by atoms with Crippen LogP contribution < -0.4 is 0 Å². The van der Waals surface area contributed by atoms with Crippen LogP contribution >= 0.6 is 7.26 Å². The van der Waals surface area contributed by atoms with Crippen molar-refractivity contribution in [3.05, 3.63) is 0 Å². The third-order valence-corrected chi connectivity index (χ3v) is 9.03. The molecule has 70 valence electrons. The van der Waals surface area contributed by atoms with E-state index in [1.54, 1.807) is 0 Å². The molecule has 0 radical (unpaired) electrons. The van der Waals surface area contributed by atoms with Crippen LogP contribution in [0.3, 0.4) is 0 Å². The van der Waals surface area contributed by atoms with E-state index in [1.807, 2.05) is 0 Å². The molecule has 2 heteroatoms. The van der Waals surface area contributed by atoms with Crippen LogP contribution in [-0.2, 0) is 0 Å². The van der Waals surface area contributed by atoms with Crippen molar-refractivity contribution in [2.75, 3.05) is 31.3 Å². The van der Waals surface area contributed by atoms with Gasteiger partial charge in [-0.05, 0) is 0 Å². The minimum absolute atomic E-state index is 0.384. The number of hydrogen-bond acceptors (Lipinski definition) is 1. The molecule has 1 N–H and O–H groups in total. The first-order chi connectivity index (χ1) is 5.24. The molecular formula is C9H23OP. The Kier molecular flexibility index (Phi) is 6.18. The number of hydrogen-bond donors (Lipinski definition) is 1. The molecule has 0 spiro atoms. The third kappa shape index (κ3) is 3.53. The van der Waals surface area contributed by atoms with Gasteiger partial charge in [-0.25, -0.2) is 0 Å². The molecule has 1 nitrogen and oxygen atoms in total. The predicted molar refractivity (Wildman–Crippen MR) is 56.5 cm³/mol. The van der Waals surface area contributed by atoms with Crippen molar-refractivity contribution >= 4 is 7.26 Å². The zero-order valence-corrected chi connectivity index (χ0v) is 9.19. The topological polar surface area (TPSA) is 20.2 Å². The molecule has 0 fully saturated rings. The van der Waals surface area contributed by atoms with E-state index in [4.69, 9.17) is 5.11 Å². The summed E-state index contributed by atoms with van der Waals surface area (Å²) in [5.74, 6) is 0. The van der Waals surface area contributed by atoms with Crippen LogP contribution in [-0.4, -0.2) is 36.4 Å². The monoisotopic (exact) mass is 178 g/mol. The summed E-state index contributed by atoms with van der Waals surface area (Å²) >= 11 is 0. The third-order valence-electron chi connectivity index (χ3n) is 3.12. The molecule has 0 amide bonds. The Morgan fingerprint density at radius 1 is 1.00 bits per heavy atom. The molecule has 0 heterocycles. The number of aliphatic hydroxyl groups is 1. The van der Waals surface area contributed by atoms with Crippen LogP contribution in [0.25, 0.3) is 0 Å². The maximum atomic E-state index is 8.74. The second-order valence-electron chi connectivity index (χ2n) is 3.39. The van der Waals surface area contributed by atoms with Gasteiger partial charge < -0.3 is 0 Å². The molecule has 0 aliphatic heterocycles. The van der Waals surface area contributed by atoms with Gasteiger partial charge in [0.2, 0.25) is 0 Å². The quantitative estimate of drug-likeness (QED) is 0.618. The van der Waals surface area contributed by atoms with E-state index in [0.717, 1.165) is 6.42 Å². The first-order valence-corrected chi connectivity index (χ1v) is 7.68. The average molecular weight is 178 g/mol. The van der Waals surface area contributed by atoms with Gasteiger partial charge in [0.25, 0.3) is 0 Å². The molecule has 0 aromatic rings. The summed E-state index contributed by atoms with van der Waals surface area (Å²) in [5, 5.41) is 8.74. The summed E-state index contributed by atoms with van der Waals surface area (Å²) in [6, 6.07) is 0. The Labute approximate surface area is 71.5 Å². The Balaban J connectivity index is 3.84. The second kappa shape index (κ2) is 5.97. The van der Waals surface area contributed by atoms with Crippen molar-refractivity contribution in [3.8, 4) is 0 Å². The fourth-order valence-corrected chi connectivity index (χ4v) is 5.20. The van der Waals surface area contributed by atoms with Crippen molar-refractivity contribution in [2.45, 2.75) is 27.2 Å². The van der Waals surface area contributed by atoms with Crippen LogP contribution in [0.5, 0.6) is 0 Å². The van der Waals surface area contributed by atoms with E-state index < -0.39 is 7.26 Å². The molecule has 0 saturated heterocycles. The van der Waals surface area contributed by atoms with Gasteiger partial charge in [0.15, 0.2) is 0 Å². The van der Waals surface area contributed by atoms with E-state index in [2.05, 4.69) is 20.8 Å². The van der Waals surface area contributed by atoms with Crippen molar-refractivity contribution in [2.24, 2.45) is 0 Å². The van der Waals surface area contributed by atoms with Gasteiger partial charge in [-0.3, -0.25) is 0 Å². The molecule has 0 bridgehead atoms. The molecule has 0 atom stereocenters. The fraction of sp³-hybridized carbons (Fsp3) is 1.00. The average Bonchev–Trinajstić information content (AvgIpc) is 2.08. The van der Waals surface area contributed by atoms with Crippen molar-refractivity contribution in [1.29, 1.82) is 0 Å². The Hall–Kier alpha value is 0.390. The van der Waals surface area contributed by atoms with E-state index in [9.17, 15) is 0 Å². The van der Waals surface area contributed by atoms with Gasteiger partial charge in [0.1, 0.15) is 0 Å². The van der Waals surface area contributed by atoms with Crippen molar-refractivity contribution in [3.63, 3.8) is 0 Å². The van der Waals surface area contributed by atoms with Gasteiger partial charge in [0.05, 0.1) is 0 Å². The molecule has 0 saturated carbocycles. The molecule has 0 aliphatic rings. The van der Waals surface area contributed by atoms with Gasteiger partial charge >= 0.3 is 70.8 Å². The van der Waals surface area contributed by atoms with Crippen LogP contribution in [0.1, 0.15) is 27.2 Å². The van der Waals surface area contributed by atoms with Crippen LogP contribution in [0, 0.1) is 0 Å². The molecular weight excluding hydrogens is 155 g/mol. The Morgan fingerprint density at radius 2 is 1.45 bits per heavy atom. The molecule has 0 aromatic carbocycles. The zero-order chi connectivity index (χ0) is 8.74. The standard InChI is InChI=1S/C9H23OP/c1-4-11(5-2,6-3)9-7-8-10/h10-11H,4-9H2,1-3H3. The maximum absolute atomic E-state index is 8.74. The van der Waals surface area contributed by atoms with Crippen molar-refractivity contribution in [1.82, 2.24) is 0 Å². The fourth-order valence-electron chi connectivity index (χ4n) is 1.73. The molecule has 11 heavy (non-hydrogen) atoms. The zero-order valence-electron chi connectivity index (χ0n) is 8.19.